The van der Waals surface area contributed by atoms with Crippen LogP contribution in [0.1, 0.15) is 25.0 Å². The van der Waals surface area contributed by atoms with Crippen LogP contribution in [-0.4, -0.2) is 15.0 Å². The van der Waals surface area contributed by atoms with Gasteiger partial charge in [-0.15, -0.1) is 0 Å². The third-order valence-corrected chi connectivity index (χ3v) is 12.9. The highest BCUT2D eigenvalue weighted by molar-refractivity contribution is 6.13. The molecule has 0 spiro atoms. The third-order valence-electron chi connectivity index (χ3n) is 12.9. The molecule has 2 aromatic heterocycles. The molecular formula is C60H41N3O. The second-order valence-electron chi connectivity index (χ2n) is 17.2. The summed E-state index contributed by atoms with van der Waals surface area (Å²) in [4.78, 5) is 15.8. The second-order valence-corrected chi connectivity index (χ2v) is 17.2. The Morgan fingerprint density at radius 3 is 1.48 bits per heavy atom. The van der Waals surface area contributed by atoms with Crippen LogP contribution in [0.25, 0.3) is 112 Å². The van der Waals surface area contributed by atoms with Gasteiger partial charge in [0.05, 0.1) is 0 Å². The van der Waals surface area contributed by atoms with Gasteiger partial charge in [-0.2, -0.15) is 0 Å². The van der Waals surface area contributed by atoms with E-state index in [1.165, 1.54) is 33.4 Å². The first-order valence-electron chi connectivity index (χ1n) is 21.8. The summed E-state index contributed by atoms with van der Waals surface area (Å²) in [5.41, 5.74) is 18.4. The first-order valence-corrected chi connectivity index (χ1v) is 21.8. The van der Waals surface area contributed by atoms with Crippen molar-refractivity contribution in [3.63, 3.8) is 0 Å². The van der Waals surface area contributed by atoms with Crippen LogP contribution in [0.4, 0.5) is 0 Å². The van der Waals surface area contributed by atoms with E-state index in [9.17, 15) is 0 Å². The molecule has 0 radical (unpaired) electrons. The number of hydrogen-bond donors (Lipinski definition) is 0. The fourth-order valence-electron chi connectivity index (χ4n) is 9.74. The van der Waals surface area contributed by atoms with Crippen molar-refractivity contribution in [3.8, 4) is 89.8 Å². The van der Waals surface area contributed by atoms with E-state index in [0.717, 1.165) is 72.0 Å². The van der Waals surface area contributed by atoms with Crippen LogP contribution in [0.2, 0.25) is 0 Å². The predicted molar refractivity (Wildman–Crippen MR) is 263 cm³/mol. The molecule has 9 aromatic carbocycles. The summed E-state index contributed by atoms with van der Waals surface area (Å²) in [6.07, 6.45) is 0. The zero-order valence-corrected chi connectivity index (χ0v) is 35.5. The lowest BCUT2D eigenvalue weighted by Crippen LogP contribution is -2.14. The zero-order valence-electron chi connectivity index (χ0n) is 35.5. The van der Waals surface area contributed by atoms with Crippen LogP contribution in [0.15, 0.2) is 217 Å². The molecule has 1 aliphatic rings. The van der Waals surface area contributed by atoms with Gasteiger partial charge in [0, 0.05) is 32.9 Å². The van der Waals surface area contributed by atoms with E-state index >= 15 is 0 Å². The van der Waals surface area contributed by atoms with Gasteiger partial charge in [-0.1, -0.05) is 190 Å². The number of furan rings is 1. The molecule has 11 aromatic rings. The molecule has 0 N–H and O–H groups in total. The first kappa shape index (κ1) is 37.5. The van der Waals surface area contributed by atoms with Gasteiger partial charge in [-0.05, 0) is 103 Å². The minimum atomic E-state index is -0.158. The molecule has 0 amide bonds. The van der Waals surface area contributed by atoms with Crippen molar-refractivity contribution in [2.75, 3.05) is 0 Å². The van der Waals surface area contributed by atoms with E-state index in [1.54, 1.807) is 0 Å². The topological polar surface area (TPSA) is 51.8 Å². The molecule has 0 atom stereocenters. The molecule has 0 saturated carbocycles. The Labute approximate surface area is 372 Å². The SMILES string of the molecule is CC1(C)c2ccccc2-c2c(-c3nc(-c4cccc(-c5ccccc5)c4)nc(-c4cccc(-c5ccc6c(c5)oc5cccc(-c7cccc(-c8ccccc8)c7)c56)c4)n3)cccc21. The van der Waals surface area contributed by atoms with E-state index in [-0.39, 0.29) is 5.41 Å². The normalized spacial score (nSPS) is 12.7. The van der Waals surface area contributed by atoms with Gasteiger partial charge in [0.15, 0.2) is 17.5 Å². The van der Waals surface area contributed by atoms with Crippen LogP contribution >= 0.6 is 0 Å². The highest BCUT2D eigenvalue weighted by Gasteiger charge is 2.37. The average Bonchev–Trinajstić information content (AvgIpc) is 3.86. The zero-order chi connectivity index (χ0) is 42.8. The molecule has 2 heterocycles. The molecule has 0 unspecified atom stereocenters. The minimum Gasteiger partial charge on any atom is -0.456 e. The van der Waals surface area contributed by atoms with Gasteiger partial charge in [0.25, 0.3) is 0 Å². The summed E-state index contributed by atoms with van der Waals surface area (Å²) < 4.78 is 6.62. The Balaban J connectivity index is 0.977. The summed E-state index contributed by atoms with van der Waals surface area (Å²) >= 11 is 0. The van der Waals surface area contributed by atoms with E-state index in [0.29, 0.717) is 17.5 Å². The van der Waals surface area contributed by atoms with E-state index in [4.69, 9.17) is 19.4 Å². The molecule has 0 bridgehead atoms. The van der Waals surface area contributed by atoms with Gasteiger partial charge in [-0.3, -0.25) is 0 Å². The molecular weight excluding hydrogens is 779 g/mol. The lowest BCUT2D eigenvalue weighted by atomic mass is 9.82. The number of nitrogens with zero attached hydrogens (tertiary/aromatic N) is 3. The average molecular weight is 820 g/mol. The summed E-state index contributed by atoms with van der Waals surface area (Å²) in [6, 6.07) is 74.9. The number of fused-ring (bicyclic) bond motifs is 6. The quantitative estimate of drug-likeness (QED) is 0.161. The van der Waals surface area contributed by atoms with Crippen molar-refractivity contribution in [2.45, 2.75) is 19.3 Å². The lowest BCUT2D eigenvalue weighted by molar-refractivity contribution is 0.660. The van der Waals surface area contributed by atoms with Crippen LogP contribution < -0.4 is 0 Å². The van der Waals surface area contributed by atoms with Crippen molar-refractivity contribution in [1.82, 2.24) is 15.0 Å². The summed E-state index contributed by atoms with van der Waals surface area (Å²) in [6.45, 7) is 4.61. The van der Waals surface area contributed by atoms with Crippen LogP contribution in [0.5, 0.6) is 0 Å². The molecule has 0 fully saturated rings. The minimum absolute atomic E-state index is 0.158. The van der Waals surface area contributed by atoms with Crippen molar-refractivity contribution < 1.29 is 4.42 Å². The Morgan fingerprint density at radius 2 is 0.797 bits per heavy atom. The summed E-state index contributed by atoms with van der Waals surface area (Å²) in [7, 11) is 0. The van der Waals surface area contributed by atoms with Gasteiger partial charge in [0.1, 0.15) is 11.2 Å². The Kier molecular flexibility index (Phi) is 8.80. The van der Waals surface area contributed by atoms with E-state index in [2.05, 4.69) is 220 Å². The Bertz CT molecular complexity index is 3590. The van der Waals surface area contributed by atoms with Crippen molar-refractivity contribution in [3.05, 3.63) is 223 Å². The Morgan fingerprint density at radius 1 is 0.328 bits per heavy atom. The first-order chi connectivity index (χ1) is 31.5. The monoisotopic (exact) mass is 819 g/mol. The molecule has 4 nitrogen and oxygen atoms in total. The van der Waals surface area contributed by atoms with Crippen molar-refractivity contribution >= 4 is 21.9 Å². The fourth-order valence-corrected chi connectivity index (χ4v) is 9.74. The smallest absolute Gasteiger partial charge is 0.164 e. The maximum Gasteiger partial charge on any atom is 0.164 e. The number of rotatable bonds is 7. The molecule has 1 aliphatic carbocycles. The standard InChI is InChI=1S/C60H41N3O/c1-60(2)51-29-10-9-26-48(51)55-50(28-14-30-52(55)60)59-62-57(45-24-12-21-41(35-45)39-18-7-4-8-19-39)61-58(63-59)46-25-13-22-42(36-46)43-32-33-49-54(37-43)64-53-31-15-27-47(56(49)53)44-23-11-20-40(34-44)38-16-5-3-6-17-38/h3-37H,1-2H3. The molecule has 302 valence electrons. The van der Waals surface area contributed by atoms with Crippen molar-refractivity contribution in [2.24, 2.45) is 0 Å². The third kappa shape index (κ3) is 6.34. The fraction of sp³-hybridized carbons (Fsp3) is 0.0500. The highest BCUT2D eigenvalue weighted by atomic mass is 16.3. The summed E-state index contributed by atoms with van der Waals surface area (Å²) in [5.74, 6) is 1.89. The highest BCUT2D eigenvalue weighted by Crippen LogP contribution is 2.52. The van der Waals surface area contributed by atoms with E-state index < -0.39 is 0 Å². The molecule has 4 heteroatoms. The van der Waals surface area contributed by atoms with Gasteiger partial charge >= 0.3 is 0 Å². The van der Waals surface area contributed by atoms with Gasteiger partial charge in [-0.25, -0.2) is 15.0 Å². The predicted octanol–water partition coefficient (Wildman–Crippen LogP) is 15.7. The lowest BCUT2D eigenvalue weighted by Gasteiger charge is -2.21. The van der Waals surface area contributed by atoms with Crippen LogP contribution in [-0.2, 0) is 5.41 Å². The van der Waals surface area contributed by atoms with Crippen molar-refractivity contribution in [1.29, 1.82) is 0 Å². The van der Waals surface area contributed by atoms with Gasteiger partial charge < -0.3 is 4.42 Å². The largest absolute Gasteiger partial charge is 0.456 e. The van der Waals surface area contributed by atoms with Gasteiger partial charge in [0.2, 0.25) is 0 Å². The number of benzene rings is 9. The molecule has 0 saturated heterocycles. The molecule has 0 aliphatic heterocycles. The maximum atomic E-state index is 6.62. The molecule has 12 rings (SSSR count). The second kappa shape index (κ2) is 15.0. The number of hydrogen-bond acceptors (Lipinski definition) is 4. The maximum absolute atomic E-state index is 6.62. The molecule has 64 heavy (non-hydrogen) atoms. The van der Waals surface area contributed by atoms with Crippen LogP contribution in [0.3, 0.4) is 0 Å². The summed E-state index contributed by atoms with van der Waals surface area (Å²) in [5, 5.41) is 2.20. The Hall–Kier alpha value is -8.21. The van der Waals surface area contributed by atoms with E-state index in [1.807, 2.05) is 6.07 Å². The van der Waals surface area contributed by atoms with Crippen LogP contribution in [0, 0.1) is 0 Å². The number of aromatic nitrogens is 3.